The summed E-state index contributed by atoms with van der Waals surface area (Å²) in [5.74, 6) is -1.59. The van der Waals surface area contributed by atoms with Crippen molar-refractivity contribution in [2.24, 2.45) is 0 Å². The minimum absolute atomic E-state index is 0.0164. The maximum atomic E-state index is 14.2. The van der Waals surface area contributed by atoms with Crippen molar-refractivity contribution >= 4 is 17.6 Å². The monoisotopic (exact) mass is 768 g/mol. The molecule has 0 aliphatic heterocycles. The van der Waals surface area contributed by atoms with Gasteiger partial charge in [-0.05, 0) is 85.5 Å². The first-order valence-corrected chi connectivity index (χ1v) is 17.9. The molecule has 4 rings (SSSR count). The van der Waals surface area contributed by atoms with E-state index in [1.54, 1.807) is 24.3 Å². The second-order valence-corrected chi connectivity index (χ2v) is 13.3. The Bertz CT molecular complexity index is 1770. The van der Waals surface area contributed by atoms with Crippen LogP contribution in [0.4, 0.5) is 10.1 Å². The predicted molar refractivity (Wildman–Crippen MR) is 196 cm³/mol. The number of para-hydroxylation sites is 1. The zero-order valence-corrected chi connectivity index (χ0v) is 30.7. The summed E-state index contributed by atoms with van der Waals surface area (Å²) in [4.78, 5) is 35.8. The number of aromatic nitrogens is 1. The van der Waals surface area contributed by atoms with E-state index in [0.29, 0.717) is 46.6 Å². The van der Waals surface area contributed by atoms with Crippen LogP contribution in [-0.2, 0) is 25.8 Å². The molecule has 55 heavy (non-hydrogen) atoms. The van der Waals surface area contributed by atoms with Crippen molar-refractivity contribution in [2.45, 2.75) is 83.1 Å². The van der Waals surface area contributed by atoms with Crippen LogP contribution in [0.2, 0.25) is 0 Å². The van der Waals surface area contributed by atoms with Gasteiger partial charge in [-0.3, -0.25) is 30.4 Å². The van der Waals surface area contributed by atoms with E-state index in [0.717, 1.165) is 5.56 Å². The average Bonchev–Trinajstić information content (AvgIpc) is 3.49. The van der Waals surface area contributed by atoms with E-state index in [9.17, 15) is 24.2 Å². The van der Waals surface area contributed by atoms with Crippen LogP contribution in [0.15, 0.2) is 84.9 Å². The lowest BCUT2D eigenvalue weighted by Gasteiger charge is -2.20. The summed E-state index contributed by atoms with van der Waals surface area (Å²) in [5.41, 5.74) is 4.54. The van der Waals surface area contributed by atoms with E-state index < -0.39 is 47.5 Å². The van der Waals surface area contributed by atoms with Gasteiger partial charge in [-0.15, -0.1) is 0 Å². The largest absolute Gasteiger partial charge is 0.466 e. The van der Waals surface area contributed by atoms with Crippen molar-refractivity contribution in [3.8, 4) is 22.4 Å². The van der Waals surface area contributed by atoms with Crippen LogP contribution in [0.3, 0.4) is 0 Å². The first-order valence-electron chi connectivity index (χ1n) is 17.9. The number of nitrogens with zero attached hydrogens (tertiary/aromatic N) is 3. The average molecular weight is 769 g/mol. The molecule has 0 aliphatic rings. The maximum Gasteiger partial charge on any atom is 0.308 e. The van der Waals surface area contributed by atoms with E-state index in [-0.39, 0.29) is 50.7 Å². The number of halogens is 1. The highest BCUT2D eigenvalue weighted by molar-refractivity contribution is 6.12. The molecule has 3 aromatic carbocycles. The third-order valence-corrected chi connectivity index (χ3v) is 8.72. The van der Waals surface area contributed by atoms with Gasteiger partial charge in [0.05, 0.1) is 47.3 Å². The maximum absolute atomic E-state index is 14.2. The summed E-state index contributed by atoms with van der Waals surface area (Å²) in [6.45, 7) is 3.73. The van der Waals surface area contributed by atoms with Crippen LogP contribution in [-0.4, -0.2) is 89.8 Å². The third-order valence-electron chi connectivity index (χ3n) is 8.72. The SMILES string of the molecule is CC(C)c1c(C(=O)Nc2ccccc2)c(-c2ccccc2)c(-c2ccc(F)cc2)n1CC[C@@H](O)CC(O)CC(=O)OCCCC[C@@H](CON(O)O)ON(O)O. The van der Waals surface area contributed by atoms with Crippen LogP contribution in [0.25, 0.3) is 22.4 Å². The summed E-state index contributed by atoms with van der Waals surface area (Å²) < 4.78 is 21.4. The van der Waals surface area contributed by atoms with E-state index in [4.69, 9.17) is 25.6 Å². The van der Waals surface area contributed by atoms with Crippen LogP contribution in [0, 0.1) is 5.82 Å². The van der Waals surface area contributed by atoms with E-state index >= 15 is 0 Å². The highest BCUT2D eigenvalue weighted by Gasteiger charge is 2.31. The van der Waals surface area contributed by atoms with Gasteiger partial charge >= 0.3 is 5.97 Å². The third kappa shape index (κ3) is 13.3. The van der Waals surface area contributed by atoms with Crippen molar-refractivity contribution < 1.29 is 59.4 Å². The van der Waals surface area contributed by atoms with Gasteiger partial charge < -0.3 is 24.8 Å². The number of hydrogen-bond donors (Lipinski definition) is 7. The Morgan fingerprint density at radius 2 is 1.47 bits per heavy atom. The molecule has 4 aromatic rings. The van der Waals surface area contributed by atoms with Crippen molar-refractivity contribution in [3.63, 3.8) is 0 Å². The molecule has 3 atom stereocenters. The summed E-state index contributed by atoms with van der Waals surface area (Å²) >= 11 is 0. The van der Waals surface area contributed by atoms with Crippen molar-refractivity contribution in [2.75, 3.05) is 18.5 Å². The number of esters is 1. The standard InChI is InChI=1S/C39H49FN4O11/c1-26(2)37-36(39(48)41-30-13-7-4-8-14-30)35(27-11-5-3-6-12-27)38(28-16-18-29(40)19-17-28)42(37)21-20-31(45)23-32(46)24-34(47)53-22-10-9-15-33(55-44(51)52)25-54-43(49)50/h3-8,11-14,16-19,26,31-33,45-46,49-52H,9-10,15,20-25H2,1-2H3,(H,41,48)/t31-,32?,33+/m1/s1. The Balaban J connectivity index is 1.48. The molecular weight excluding hydrogens is 719 g/mol. The number of carbonyl (C=O) groups is 2. The van der Waals surface area contributed by atoms with Gasteiger partial charge in [-0.25, -0.2) is 14.1 Å². The van der Waals surface area contributed by atoms with Crippen molar-refractivity contribution in [1.29, 1.82) is 0 Å². The quantitative estimate of drug-likeness (QED) is 0.0265. The second-order valence-electron chi connectivity index (χ2n) is 13.3. The van der Waals surface area contributed by atoms with Crippen LogP contribution < -0.4 is 5.32 Å². The minimum Gasteiger partial charge on any atom is -0.466 e. The highest BCUT2D eigenvalue weighted by atomic mass is 19.1. The number of anilines is 1. The Morgan fingerprint density at radius 3 is 2.09 bits per heavy atom. The molecule has 0 aliphatic carbocycles. The molecule has 7 N–H and O–H groups in total. The Hall–Kier alpha value is -4.59. The lowest BCUT2D eigenvalue weighted by atomic mass is 9.94. The van der Waals surface area contributed by atoms with Gasteiger partial charge in [0, 0.05) is 23.5 Å². The van der Waals surface area contributed by atoms with E-state index in [1.807, 2.05) is 66.9 Å². The fraction of sp³-hybridized carbons (Fsp3) is 0.385. The molecule has 1 heterocycles. The normalized spacial score (nSPS) is 13.3. The molecule has 15 nitrogen and oxygen atoms in total. The van der Waals surface area contributed by atoms with Crippen LogP contribution in [0.5, 0.6) is 0 Å². The first-order chi connectivity index (χ1) is 26.3. The molecule has 0 saturated carbocycles. The molecule has 1 amide bonds. The number of unbranched alkanes of at least 4 members (excludes halogenated alkanes) is 1. The molecular formula is C39H49FN4O11. The predicted octanol–water partition coefficient (Wildman–Crippen LogP) is 6.34. The summed E-state index contributed by atoms with van der Waals surface area (Å²) in [6.07, 6.45) is -2.69. The Kier molecular flexibility index (Phi) is 16.9. The zero-order valence-electron chi connectivity index (χ0n) is 30.7. The van der Waals surface area contributed by atoms with Gasteiger partial charge in [0.2, 0.25) is 0 Å². The Labute approximate surface area is 318 Å². The molecule has 0 fully saturated rings. The first kappa shape index (κ1) is 43.1. The number of hydrogen-bond acceptors (Lipinski definition) is 13. The second kappa shape index (κ2) is 21.5. The molecule has 298 valence electrons. The fourth-order valence-electron chi connectivity index (χ4n) is 6.36. The fourth-order valence-corrected chi connectivity index (χ4v) is 6.36. The van der Waals surface area contributed by atoms with Gasteiger partial charge in [0.1, 0.15) is 18.5 Å². The molecule has 0 radical (unpaired) electrons. The molecule has 0 spiro atoms. The summed E-state index contributed by atoms with van der Waals surface area (Å²) in [6, 6.07) is 24.6. The number of ether oxygens (including phenoxy) is 1. The lowest BCUT2D eigenvalue weighted by Crippen LogP contribution is -2.31. The van der Waals surface area contributed by atoms with Gasteiger partial charge in [-0.2, -0.15) is 0 Å². The number of aliphatic hydroxyl groups excluding tert-OH is 2. The van der Waals surface area contributed by atoms with Crippen LogP contribution in [0.1, 0.15) is 74.3 Å². The molecule has 1 unspecified atom stereocenters. The van der Waals surface area contributed by atoms with Crippen LogP contribution >= 0.6 is 0 Å². The smallest absolute Gasteiger partial charge is 0.308 e. The van der Waals surface area contributed by atoms with Crippen molar-refractivity contribution in [3.05, 3.63) is 102 Å². The Morgan fingerprint density at radius 1 is 0.818 bits per heavy atom. The van der Waals surface area contributed by atoms with Crippen molar-refractivity contribution in [1.82, 2.24) is 15.3 Å². The summed E-state index contributed by atoms with van der Waals surface area (Å²) in [7, 11) is 0. The number of nitrogens with one attached hydrogen (secondary N) is 1. The number of benzene rings is 3. The van der Waals surface area contributed by atoms with Gasteiger partial charge in [0.25, 0.3) is 5.91 Å². The number of carbonyl (C=O) groups excluding carboxylic acids is 2. The molecule has 0 saturated heterocycles. The minimum atomic E-state index is -1.21. The zero-order chi connectivity index (χ0) is 39.9. The summed E-state index contributed by atoms with van der Waals surface area (Å²) in [5, 5.41) is 58.8. The highest BCUT2D eigenvalue weighted by Crippen LogP contribution is 2.42. The van der Waals surface area contributed by atoms with E-state index in [1.165, 1.54) is 12.1 Å². The number of amides is 1. The molecule has 1 aromatic heterocycles. The topological polar surface area (TPSA) is 207 Å². The lowest BCUT2D eigenvalue weighted by molar-refractivity contribution is -0.527. The number of aliphatic hydroxyl groups is 2. The van der Waals surface area contributed by atoms with E-state index in [2.05, 4.69) is 15.0 Å². The molecule has 16 heteroatoms. The number of rotatable bonds is 22. The van der Waals surface area contributed by atoms with Gasteiger partial charge in [-0.1, -0.05) is 62.4 Å². The molecule has 0 bridgehead atoms. The van der Waals surface area contributed by atoms with Gasteiger partial charge in [0.15, 0.2) is 0 Å².